The molecule has 240 valence electrons. The second-order valence-corrected chi connectivity index (χ2v) is 14.0. The number of rotatable bonds is 4. The zero-order chi connectivity index (χ0) is 34.1. The topological polar surface area (TPSA) is 38.7 Å². The Kier molecular flexibility index (Phi) is 6.53. The van der Waals surface area contributed by atoms with Gasteiger partial charge in [0.1, 0.15) is 0 Å². The van der Waals surface area contributed by atoms with Gasteiger partial charge in [-0.2, -0.15) is 0 Å². The van der Waals surface area contributed by atoms with Gasteiger partial charge in [-0.05, 0) is 67.1 Å². The monoisotopic (exact) mass is 651 g/mol. The molecule has 0 saturated heterocycles. The van der Waals surface area contributed by atoms with Gasteiger partial charge < -0.3 is 0 Å². The third-order valence-electron chi connectivity index (χ3n) is 10.7. The van der Waals surface area contributed by atoms with Crippen molar-refractivity contribution in [3.8, 4) is 56.2 Å². The Morgan fingerprint density at radius 3 is 1.92 bits per heavy atom. The van der Waals surface area contributed by atoms with Gasteiger partial charge >= 0.3 is 0 Å². The highest BCUT2D eigenvalue weighted by atomic mass is 14.9. The second kappa shape index (κ2) is 11.3. The summed E-state index contributed by atoms with van der Waals surface area (Å²) in [7, 11) is 0. The number of pyridine rings is 1. The SMILES string of the molecule is CC1(C)c2ccc3ccccc3c2-c2cccc(-c3ccc(-c4cc(-c5cccc6cccnc56)nc(-c5ccccc5)n4)c4ccccc34)c21. The average molecular weight is 652 g/mol. The maximum absolute atomic E-state index is 5.24. The van der Waals surface area contributed by atoms with E-state index in [2.05, 4.69) is 147 Å². The number of para-hydroxylation sites is 1. The highest BCUT2D eigenvalue weighted by molar-refractivity contribution is 6.09. The van der Waals surface area contributed by atoms with E-state index in [0.29, 0.717) is 5.82 Å². The minimum absolute atomic E-state index is 0.163. The molecule has 51 heavy (non-hydrogen) atoms. The largest absolute Gasteiger partial charge is 0.256 e. The molecule has 0 unspecified atom stereocenters. The van der Waals surface area contributed by atoms with Crippen LogP contribution in [0.25, 0.3) is 88.6 Å². The predicted octanol–water partition coefficient (Wildman–Crippen LogP) is 12.3. The van der Waals surface area contributed by atoms with Crippen molar-refractivity contribution in [2.45, 2.75) is 19.3 Å². The van der Waals surface area contributed by atoms with E-state index in [1.165, 1.54) is 49.5 Å². The lowest BCUT2D eigenvalue weighted by Crippen LogP contribution is -2.16. The van der Waals surface area contributed by atoms with Crippen molar-refractivity contribution < 1.29 is 0 Å². The van der Waals surface area contributed by atoms with E-state index in [4.69, 9.17) is 15.0 Å². The van der Waals surface area contributed by atoms with Crippen molar-refractivity contribution in [1.82, 2.24) is 15.0 Å². The molecular weight excluding hydrogens is 619 g/mol. The van der Waals surface area contributed by atoms with E-state index < -0.39 is 0 Å². The molecule has 3 heteroatoms. The van der Waals surface area contributed by atoms with E-state index in [-0.39, 0.29) is 5.41 Å². The summed E-state index contributed by atoms with van der Waals surface area (Å²) < 4.78 is 0. The van der Waals surface area contributed by atoms with Gasteiger partial charge in [0, 0.05) is 33.7 Å². The van der Waals surface area contributed by atoms with Gasteiger partial charge in [0.15, 0.2) is 5.82 Å². The molecule has 2 heterocycles. The van der Waals surface area contributed by atoms with Crippen LogP contribution in [0.5, 0.6) is 0 Å². The molecule has 0 N–H and O–H groups in total. The summed E-state index contributed by atoms with van der Waals surface area (Å²) in [5, 5.41) is 6.03. The van der Waals surface area contributed by atoms with Crippen LogP contribution in [-0.2, 0) is 5.41 Å². The fourth-order valence-corrected chi connectivity index (χ4v) is 8.38. The molecule has 0 aliphatic heterocycles. The molecule has 0 radical (unpaired) electrons. The number of nitrogens with zero attached hydrogens (tertiary/aromatic N) is 3. The van der Waals surface area contributed by atoms with E-state index in [0.717, 1.165) is 44.4 Å². The third kappa shape index (κ3) is 4.55. The molecule has 2 aromatic heterocycles. The quantitative estimate of drug-likeness (QED) is 0.190. The van der Waals surface area contributed by atoms with E-state index in [1.54, 1.807) is 0 Å². The van der Waals surface area contributed by atoms with Crippen molar-refractivity contribution in [2.75, 3.05) is 0 Å². The van der Waals surface area contributed by atoms with Crippen LogP contribution in [0, 0.1) is 0 Å². The number of hydrogen-bond acceptors (Lipinski definition) is 3. The fourth-order valence-electron chi connectivity index (χ4n) is 8.38. The first-order valence-electron chi connectivity index (χ1n) is 17.5. The van der Waals surface area contributed by atoms with E-state index in [9.17, 15) is 0 Å². The maximum Gasteiger partial charge on any atom is 0.160 e. The normalized spacial score (nSPS) is 13.1. The highest BCUT2D eigenvalue weighted by Crippen LogP contribution is 2.55. The van der Waals surface area contributed by atoms with Crippen LogP contribution in [-0.4, -0.2) is 15.0 Å². The first-order valence-corrected chi connectivity index (χ1v) is 17.5. The van der Waals surface area contributed by atoms with Crippen LogP contribution in [0.1, 0.15) is 25.0 Å². The van der Waals surface area contributed by atoms with Gasteiger partial charge in [0.05, 0.1) is 16.9 Å². The Balaban J connectivity index is 1.20. The van der Waals surface area contributed by atoms with Crippen LogP contribution in [0.4, 0.5) is 0 Å². The Morgan fingerprint density at radius 1 is 0.451 bits per heavy atom. The molecule has 1 aliphatic rings. The number of hydrogen-bond donors (Lipinski definition) is 0. The van der Waals surface area contributed by atoms with Crippen molar-refractivity contribution in [1.29, 1.82) is 0 Å². The standard InChI is InChI=1S/C48H33N3/c1-48(2)41-27-24-30-13-6-7-18-33(30)44(41)40-23-11-21-38(45(40)48)36-25-26-37(35-20-9-8-19-34(35)36)42-29-43(51-47(50-42)32-14-4-3-5-15-32)39-22-10-16-31-17-12-28-49-46(31)39/h3-29H,1-2H3. The molecule has 9 aromatic rings. The van der Waals surface area contributed by atoms with Crippen LogP contribution >= 0.6 is 0 Å². The molecule has 0 bridgehead atoms. The van der Waals surface area contributed by atoms with Crippen molar-refractivity contribution in [2.24, 2.45) is 0 Å². The summed E-state index contributed by atoms with van der Waals surface area (Å²) in [5.74, 6) is 0.691. The maximum atomic E-state index is 5.24. The molecule has 0 saturated carbocycles. The molecule has 7 aromatic carbocycles. The van der Waals surface area contributed by atoms with Crippen LogP contribution in [0.3, 0.4) is 0 Å². The average Bonchev–Trinajstić information content (AvgIpc) is 3.43. The lowest BCUT2D eigenvalue weighted by molar-refractivity contribution is 0.662. The van der Waals surface area contributed by atoms with Gasteiger partial charge in [0.2, 0.25) is 0 Å². The molecule has 1 aliphatic carbocycles. The zero-order valence-electron chi connectivity index (χ0n) is 28.4. The van der Waals surface area contributed by atoms with Crippen LogP contribution < -0.4 is 0 Å². The van der Waals surface area contributed by atoms with Crippen molar-refractivity contribution in [3.05, 3.63) is 175 Å². The van der Waals surface area contributed by atoms with Gasteiger partial charge in [-0.15, -0.1) is 0 Å². The zero-order valence-corrected chi connectivity index (χ0v) is 28.4. The molecule has 0 spiro atoms. The summed E-state index contributed by atoms with van der Waals surface area (Å²) in [6.07, 6.45) is 1.85. The first-order chi connectivity index (χ1) is 25.1. The van der Waals surface area contributed by atoms with Gasteiger partial charge in [-0.3, -0.25) is 4.98 Å². The molecular formula is C48H33N3. The van der Waals surface area contributed by atoms with Crippen molar-refractivity contribution in [3.63, 3.8) is 0 Å². The first kappa shape index (κ1) is 29.5. The van der Waals surface area contributed by atoms with Gasteiger partial charge in [-0.1, -0.05) is 159 Å². The summed E-state index contributed by atoms with van der Waals surface area (Å²) >= 11 is 0. The third-order valence-corrected chi connectivity index (χ3v) is 10.7. The molecule has 3 nitrogen and oxygen atoms in total. The minimum atomic E-state index is -0.163. The lowest BCUT2D eigenvalue weighted by atomic mass is 9.78. The summed E-state index contributed by atoms with van der Waals surface area (Å²) in [4.78, 5) is 15.1. The summed E-state index contributed by atoms with van der Waals surface area (Å²) in [6, 6.07) is 56.3. The molecule has 0 atom stereocenters. The molecule has 0 amide bonds. The van der Waals surface area contributed by atoms with Crippen LogP contribution in [0.2, 0.25) is 0 Å². The fraction of sp³-hybridized carbons (Fsp3) is 0.0625. The van der Waals surface area contributed by atoms with E-state index >= 15 is 0 Å². The molecule has 10 rings (SSSR count). The van der Waals surface area contributed by atoms with Crippen molar-refractivity contribution >= 4 is 32.4 Å². The summed E-state index contributed by atoms with van der Waals surface area (Å²) in [6.45, 7) is 4.75. The highest BCUT2D eigenvalue weighted by Gasteiger charge is 2.38. The van der Waals surface area contributed by atoms with E-state index in [1.807, 2.05) is 30.5 Å². The lowest BCUT2D eigenvalue weighted by Gasteiger charge is -2.25. The predicted molar refractivity (Wildman–Crippen MR) is 212 cm³/mol. The molecule has 0 fully saturated rings. The van der Waals surface area contributed by atoms with Crippen LogP contribution in [0.15, 0.2) is 164 Å². The number of aromatic nitrogens is 3. The Labute approximate surface area is 297 Å². The Morgan fingerprint density at radius 2 is 1.08 bits per heavy atom. The Hall–Kier alpha value is -6.45. The number of benzene rings is 7. The Bertz CT molecular complexity index is 2830. The smallest absolute Gasteiger partial charge is 0.160 e. The number of fused-ring (bicyclic) bond motifs is 7. The second-order valence-electron chi connectivity index (χ2n) is 14.0. The summed E-state index contributed by atoms with van der Waals surface area (Å²) in [5.41, 5.74) is 13.5. The minimum Gasteiger partial charge on any atom is -0.256 e. The van der Waals surface area contributed by atoms with Gasteiger partial charge in [0.25, 0.3) is 0 Å². The van der Waals surface area contributed by atoms with Gasteiger partial charge in [-0.25, -0.2) is 9.97 Å².